The van der Waals surface area contributed by atoms with E-state index in [9.17, 15) is 9.59 Å². The zero-order chi connectivity index (χ0) is 20.1. The van der Waals surface area contributed by atoms with Crippen LogP contribution >= 0.6 is 11.6 Å². The average Bonchev–Trinajstić information content (AvgIpc) is 3.02. The summed E-state index contributed by atoms with van der Waals surface area (Å²) >= 11 is 5.98. The largest absolute Gasteiger partial charge is 0.496 e. The van der Waals surface area contributed by atoms with Crippen LogP contribution in [-0.2, 0) is 16.0 Å². The van der Waals surface area contributed by atoms with Crippen molar-refractivity contribution in [3.8, 4) is 5.75 Å². The highest BCUT2D eigenvalue weighted by atomic mass is 35.5. The molecule has 1 amide bonds. The average molecular weight is 402 g/mol. The molecule has 0 saturated heterocycles. The van der Waals surface area contributed by atoms with Crippen molar-refractivity contribution in [1.29, 1.82) is 0 Å². The van der Waals surface area contributed by atoms with Crippen LogP contribution in [0.3, 0.4) is 0 Å². The second-order valence-electron chi connectivity index (χ2n) is 6.18. The van der Waals surface area contributed by atoms with Crippen LogP contribution in [-0.4, -0.2) is 32.1 Å². The Bertz CT molecular complexity index is 1010. The number of ether oxygens (including phenoxy) is 2. The van der Waals surface area contributed by atoms with Gasteiger partial charge in [-0.25, -0.2) is 4.79 Å². The zero-order valence-electron chi connectivity index (χ0n) is 15.6. The number of carbonyl (C=O) groups is 2. The van der Waals surface area contributed by atoms with Gasteiger partial charge >= 0.3 is 5.97 Å². The van der Waals surface area contributed by atoms with Crippen LogP contribution in [0, 0.1) is 6.92 Å². The minimum Gasteiger partial charge on any atom is -0.496 e. The van der Waals surface area contributed by atoms with Crippen molar-refractivity contribution in [1.82, 2.24) is 5.32 Å². The van der Waals surface area contributed by atoms with E-state index in [4.69, 9.17) is 25.5 Å². The van der Waals surface area contributed by atoms with Gasteiger partial charge in [0.15, 0.2) is 6.61 Å². The number of amides is 1. The first kappa shape index (κ1) is 19.8. The van der Waals surface area contributed by atoms with Gasteiger partial charge in [0.05, 0.1) is 7.11 Å². The molecule has 3 aromatic rings. The zero-order valence-corrected chi connectivity index (χ0v) is 16.3. The highest BCUT2D eigenvalue weighted by Gasteiger charge is 2.20. The number of furan rings is 1. The molecule has 2 aromatic carbocycles. The number of benzene rings is 2. The van der Waals surface area contributed by atoms with Crippen LogP contribution in [0.25, 0.3) is 11.0 Å². The van der Waals surface area contributed by atoms with Gasteiger partial charge in [-0.15, -0.1) is 0 Å². The van der Waals surface area contributed by atoms with Gasteiger partial charge in [-0.3, -0.25) is 4.79 Å². The van der Waals surface area contributed by atoms with Crippen LogP contribution in [0.2, 0.25) is 5.02 Å². The lowest BCUT2D eigenvalue weighted by atomic mass is 10.1. The Labute approximate surface area is 167 Å². The standard InChI is InChI=1S/C21H20ClNO5/c1-13-16-11-15(22)7-8-18(16)28-20(13)21(25)27-12-19(24)23-10-9-14-5-3-4-6-17(14)26-2/h3-8,11H,9-10,12H2,1-2H3,(H,23,24). The van der Waals surface area contributed by atoms with E-state index in [0.29, 0.717) is 29.1 Å². The topological polar surface area (TPSA) is 77.8 Å². The highest BCUT2D eigenvalue weighted by Crippen LogP contribution is 2.28. The molecule has 28 heavy (non-hydrogen) atoms. The van der Waals surface area contributed by atoms with Gasteiger partial charge in [0.1, 0.15) is 11.3 Å². The third-order valence-electron chi connectivity index (χ3n) is 4.33. The number of carbonyl (C=O) groups excluding carboxylic acids is 2. The third kappa shape index (κ3) is 4.46. The number of hydrogen-bond acceptors (Lipinski definition) is 5. The molecule has 0 aliphatic heterocycles. The first-order valence-corrected chi connectivity index (χ1v) is 9.11. The maximum Gasteiger partial charge on any atom is 0.375 e. The number of nitrogens with one attached hydrogen (secondary N) is 1. The summed E-state index contributed by atoms with van der Waals surface area (Å²) in [7, 11) is 1.60. The van der Waals surface area contributed by atoms with E-state index in [-0.39, 0.29) is 18.3 Å². The molecule has 1 heterocycles. The maximum absolute atomic E-state index is 12.3. The highest BCUT2D eigenvalue weighted by molar-refractivity contribution is 6.31. The molecule has 0 atom stereocenters. The number of rotatable bonds is 7. The Morgan fingerprint density at radius 2 is 1.96 bits per heavy atom. The molecule has 3 rings (SSSR count). The van der Waals surface area contributed by atoms with Gasteiger partial charge < -0.3 is 19.2 Å². The van der Waals surface area contributed by atoms with Crippen LogP contribution in [0.15, 0.2) is 46.9 Å². The molecule has 0 fully saturated rings. The van der Waals surface area contributed by atoms with Crippen molar-refractivity contribution >= 4 is 34.4 Å². The Kier molecular flexibility index (Phi) is 6.21. The predicted octanol–water partition coefficient (Wildman–Crippen LogP) is 3.92. The van der Waals surface area contributed by atoms with E-state index in [2.05, 4.69) is 5.32 Å². The van der Waals surface area contributed by atoms with Gasteiger partial charge in [0, 0.05) is 22.5 Å². The molecule has 6 nitrogen and oxygen atoms in total. The first-order valence-electron chi connectivity index (χ1n) is 8.74. The first-order chi connectivity index (χ1) is 13.5. The molecule has 0 bridgehead atoms. The van der Waals surface area contributed by atoms with Gasteiger partial charge in [0.2, 0.25) is 5.76 Å². The molecule has 1 aromatic heterocycles. The lowest BCUT2D eigenvalue weighted by Crippen LogP contribution is -2.30. The normalized spacial score (nSPS) is 10.7. The molecule has 7 heteroatoms. The minimum atomic E-state index is -0.690. The van der Waals surface area contributed by atoms with Crippen molar-refractivity contribution in [3.63, 3.8) is 0 Å². The second kappa shape index (κ2) is 8.80. The lowest BCUT2D eigenvalue weighted by molar-refractivity contribution is -0.124. The van der Waals surface area contributed by atoms with Gasteiger partial charge in [-0.2, -0.15) is 0 Å². The molecule has 0 aliphatic carbocycles. The second-order valence-corrected chi connectivity index (χ2v) is 6.62. The molecule has 1 N–H and O–H groups in total. The smallest absolute Gasteiger partial charge is 0.375 e. The van der Waals surface area contributed by atoms with E-state index in [1.54, 1.807) is 32.2 Å². The fourth-order valence-electron chi connectivity index (χ4n) is 2.88. The maximum atomic E-state index is 12.3. The van der Waals surface area contributed by atoms with Gasteiger partial charge in [-0.1, -0.05) is 29.8 Å². The Hall–Kier alpha value is -2.99. The van der Waals surface area contributed by atoms with Crippen LogP contribution in [0.1, 0.15) is 21.7 Å². The summed E-state index contributed by atoms with van der Waals surface area (Å²) in [5.74, 6) is -0.243. The summed E-state index contributed by atoms with van der Waals surface area (Å²) in [5, 5.41) is 4.00. The van der Waals surface area contributed by atoms with Gasteiger partial charge in [0.25, 0.3) is 5.91 Å². The summed E-state index contributed by atoms with van der Waals surface area (Å²) in [4.78, 5) is 24.2. The molecule has 0 saturated carbocycles. The van der Waals surface area contributed by atoms with Crippen molar-refractivity contribution in [2.24, 2.45) is 0 Å². The van der Waals surface area contributed by atoms with E-state index in [1.807, 2.05) is 24.3 Å². The fourth-order valence-corrected chi connectivity index (χ4v) is 3.05. The third-order valence-corrected chi connectivity index (χ3v) is 4.56. The quantitative estimate of drug-likeness (QED) is 0.607. The number of methoxy groups -OCH3 is 1. The SMILES string of the molecule is COc1ccccc1CCNC(=O)COC(=O)c1oc2ccc(Cl)cc2c1C. The van der Waals surface area contributed by atoms with Crippen molar-refractivity contribution in [2.45, 2.75) is 13.3 Å². The summed E-state index contributed by atoms with van der Waals surface area (Å²) in [6, 6.07) is 12.7. The predicted molar refractivity (Wildman–Crippen MR) is 106 cm³/mol. The summed E-state index contributed by atoms with van der Waals surface area (Å²) in [6.07, 6.45) is 0.604. The van der Waals surface area contributed by atoms with E-state index < -0.39 is 5.97 Å². The van der Waals surface area contributed by atoms with E-state index in [1.165, 1.54) is 0 Å². The van der Waals surface area contributed by atoms with Crippen LogP contribution in [0.5, 0.6) is 5.75 Å². The molecule has 146 valence electrons. The number of aryl methyl sites for hydroxylation is 1. The lowest BCUT2D eigenvalue weighted by Gasteiger charge is -2.09. The summed E-state index contributed by atoms with van der Waals surface area (Å²) < 4.78 is 15.9. The fraction of sp³-hybridized carbons (Fsp3) is 0.238. The van der Waals surface area contributed by atoms with Crippen molar-refractivity contribution < 1.29 is 23.5 Å². The number of para-hydroxylation sites is 1. The number of esters is 1. The van der Waals surface area contributed by atoms with Gasteiger partial charge in [-0.05, 0) is 43.2 Å². The number of fused-ring (bicyclic) bond motifs is 1. The molecule has 0 spiro atoms. The van der Waals surface area contributed by atoms with Crippen molar-refractivity contribution in [2.75, 3.05) is 20.3 Å². The Morgan fingerprint density at radius 1 is 1.18 bits per heavy atom. The molecule has 0 aliphatic rings. The van der Waals surface area contributed by atoms with Crippen LogP contribution in [0.4, 0.5) is 0 Å². The Balaban J connectivity index is 1.52. The van der Waals surface area contributed by atoms with E-state index >= 15 is 0 Å². The number of hydrogen-bond donors (Lipinski definition) is 1. The number of halogens is 1. The summed E-state index contributed by atoms with van der Waals surface area (Å²) in [5.41, 5.74) is 2.15. The molecule has 0 radical (unpaired) electrons. The molecular weight excluding hydrogens is 382 g/mol. The Morgan fingerprint density at radius 3 is 2.75 bits per heavy atom. The van der Waals surface area contributed by atoms with Crippen LogP contribution < -0.4 is 10.1 Å². The van der Waals surface area contributed by atoms with Crippen molar-refractivity contribution in [3.05, 3.63) is 64.4 Å². The van der Waals surface area contributed by atoms with E-state index in [0.717, 1.165) is 16.7 Å². The minimum absolute atomic E-state index is 0.0686. The molecule has 0 unspecified atom stereocenters. The molecular formula is C21H20ClNO5. The monoisotopic (exact) mass is 401 g/mol. The summed E-state index contributed by atoms with van der Waals surface area (Å²) in [6.45, 7) is 1.76.